The topological polar surface area (TPSA) is 63.3 Å². The van der Waals surface area contributed by atoms with Crippen LogP contribution in [-0.4, -0.2) is 29.1 Å². The number of primary amides is 1. The second-order valence-electron chi connectivity index (χ2n) is 7.39. The molecular weight excluding hydrogens is 330 g/mol. The summed E-state index contributed by atoms with van der Waals surface area (Å²) in [4.78, 5) is 10.8. The van der Waals surface area contributed by atoms with Crippen LogP contribution in [0.1, 0.15) is 103 Å². The molecule has 1 amide bonds. The fraction of sp³-hybridized carbons (Fsp3) is 0.952. The first-order valence-corrected chi connectivity index (χ1v) is 11.8. The maximum atomic E-state index is 10.8. The van der Waals surface area contributed by atoms with Crippen molar-refractivity contribution < 1.29 is 9.90 Å². The number of thioether (sulfide) groups is 1. The average Bonchev–Trinajstić information content (AvgIpc) is 2.60. The van der Waals surface area contributed by atoms with Gasteiger partial charge < -0.3 is 10.8 Å². The summed E-state index contributed by atoms with van der Waals surface area (Å²) in [6.07, 6.45) is 19.8. The summed E-state index contributed by atoms with van der Waals surface area (Å²) >= 11 is 1.84. The van der Waals surface area contributed by atoms with Gasteiger partial charge in [-0.2, -0.15) is 11.8 Å². The van der Waals surface area contributed by atoms with Crippen molar-refractivity contribution >= 4 is 17.7 Å². The molecule has 0 rings (SSSR count). The van der Waals surface area contributed by atoms with Gasteiger partial charge in [0, 0.05) is 13.0 Å². The van der Waals surface area contributed by atoms with Crippen molar-refractivity contribution in [2.75, 3.05) is 18.1 Å². The van der Waals surface area contributed by atoms with Crippen molar-refractivity contribution in [1.82, 2.24) is 0 Å². The Morgan fingerprint density at radius 2 is 1.28 bits per heavy atom. The van der Waals surface area contributed by atoms with Crippen LogP contribution in [0.3, 0.4) is 0 Å². The van der Waals surface area contributed by atoms with Gasteiger partial charge >= 0.3 is 0 Å². The van der Waals surface area contributed by atoms with Gasteiger partial charge in [0.1, 0.15) is 0 Å². The lowest BCUT2D eigenvalue weighted by atomic mass is 10.0. The number of unbranched alkanes of at least 4 members (excludes halogenated alkanes) is 13. The molecule has 0 spiro atoms. The molecule has 0 saturated heterocycles. The fourth-order valence-corrected chi connectivity index (χ4v) is 4.24. The van der Waals surface area contributed by atoms with E-state index in [4.69, 9.17) is 5.73 Å². The maximum Gasteiger partial charge on any atom is 0.217 e. The lowest BCUT2D eigenvalue weighted by Crippen LogP contribution is -2.20. The third kappa shape index (κ3) is 19.9. The van der Waals surface area contributed by atoms with E-state index in [1.165, 1.54) is 89.9 Å². The molecule has 0 aliphatic heterocycles. The van der Waals surface area contributed by atoms with Crippen molar-refractivity contribution in [3.63, 3.8) is 0 Å². The number of aliphatic hydroxyl groups is 1. The third-order valence-electron chi connectivity index (χ3n) is 4.74. The van der Waals surface area contributed by atoms with Gasteiger partial charge in [0.25, 0.3) is 0 Å². The van der Waals surface area contributed by atoms with Crippen LogP contribution in [-0.2, 0) is 4.79 Å². The van der Waals surface area contributed by atoms with E-state index in [9.17, 15) is 9.90 Å². The summed E-state index contributed by atoms with van der Waals surface area (Å²) in [5.74, 6) is 1.70. The second kappa shape index (κ2) is 20.1. The first-order valence-electron chi connectivity index (χ1n) is 10.7. The van der Waals surface area contributed by atoms with Gasteiger partial charge in [0.2, 0.25) is 5.91 Å². The number of aliphatic hydroxyl groups excluding tert-OH is 1. The van der Waals surface area contributed by atoms with Crippen molar-refractivity contribution in [2.45, 2.75) is 103 Å². The van der Waals surface area contributed by atoms with E-state index in [1.807, 2.05) is 11.8 Å². The molecule has 0 radical (unpaired) electrons. The molecule has 0 saturated carbocycles. The van der Waals surface area contributed by atoms with Crippen LogP contribution in [0.15, 0.2) is 0 Å². The summed E-state index contributed by atoms with van der Waals surface area (Å²) in [6, 6.07) is 0. The first kappa shape index (κ1) is 24.8. The minimum absolute atomic E-state index is 0.0362. The molecule has 1 atom stereocenters. The van der Waals surface area contributed by atoms with E-state index >= 15 is 0 Å². The molecule has 3 N–H and O–H groups in total. The Morgan fingerprint density at radius 1 is 0.840 bits per heavy atom. The van der Waals surface area contributed by atoms with Crippen molar-refractivity contribution in [2.24, 2.45) is 11.7 Å². The van der Waals surface area contributed by atoms with Gasteiger partial charge in [-0.15, -0.1) is 0 Å². The van der Waals surface area contributed by atoms with Crippen LogP contribution in [0.4, 0.5) is 0 Å². The molecule has 4 heteroatoms. The zero-order valence-electron chi connectivity index (χ0n) is 16.6. The highest BCUT2D eigenvalue weighted by atomic mass is 32.2. The standard InChI is InChI=1S/C21H43NO2S/c1-2-3-4-5-6-7-8-9-10-11-12-13-14-15-16-25-19-20(18-23)17-21(22)24/h20,23H,2-19H2,1H3,(H2,22,24). The van der Waals surface area contributed by atoms with Crippen molar-refractivity contribution in [3.8, 4) is 0 Å². The predicted molar refractivity (Wildman–Crippen MR) is 112 cm³/mol. The van der Waals surface area contributed by atoms with E-state index < -0.39 is 0 Å². The summed E-state index contributed by atoms with van der Waals surface area (Å²) < 4.78 is 0. The van der Waals surface area contributed by atoms with Gasteiger partial charge in [-0.05, 0) is 23.8 Å². The Morgan fingerprint density at radius 3 is 1.68 bits per heavy atom. The lowest BCUT2D eigenvalue weighted by molar-refractivity contribution is -0.119. The van der Waals surface area contributed by atoms with E-state index in [2.05, 4.69) is 6.92 Å². The molecule has 25 heavy (non-hydrogen) atoms. The summed E-state index contributed by atoms with van der Waals surface area (Å²) in [5.41, 5.74) is 5.17. The molecule has 0 aliphatic carbocycles. The second-order valence-corrected chi connectivity index (χ2v) is 8.54. The number of hydrogen-bond donors (Lipinski definition) is 2. The van der Waals surface area contributed by atoms with Gasteiger partial charge in [0.15, 0.2) is 0 Å². The Hall–Kier alpha value is -0.220. The van der Waals surface area contributed by atoms with Crippen LogP contribution in [0, 0.1) is 5.92 Å². The van der Waals surface area contributed by atoms with Crippen LogP contribution in [0.5, 0.6) is 0 Å². The van der Waals surface area contributed by atoms with E-state index in [1.54, 1.807) is 0 Å². The van der Waals surface area contributed by atoms with Crippen LogP contribution in [0.2, 0.25) is 0 Å². The zero-order valence-corrected chi connectivity index (χ0v) is 17.5. The zero-order chi connectivity index (χ0) is 18.6. The lowest BCUT2D eigenvalue weighted by Gasteiger charge is -2.11. The Kier molecular flexibility index (Phi) is 19.9. The van der Waals surface area contributed by atoms with Crippen molar-refractivity contribution in [3.05, 3.63) is 0 Å². The third-order valence-corrected chi connectivity index (χ3v) is 6.03. The number of carbonyl (C=O) groups is 1. The van der Waals surface area contributed by atoms with Gasteiger partial charge in [0.05, 0.1) is 0 Å². The number of carbonyl (C=O) groups excluding carboxylic acids is 1. The normalized spacial score (nSPS) is 12.4. The van der Waals surface area contributed by atoms with Gasteiger partial charge in [-0.1, -0.05) is 90.4 Å². The highest BCUT2D eigenvalue weighted by molar-refractivity contribution is 7.99. The highest BCUT2D eigenvalue weighted by Gasteiger charge is 2.10. The summed E-state index contributed by atoms with van der Waals surface area (Å²) in [5, 5.41) is 9.18. The van der Waals surface area contributed by atoms with Crippen LogP contribution < -0.4 is 5.73 Å². The largest absolute Gasteiger partial charge is 0.396 e. The molecule has 0 aromatic carbocycles. The quantitative estimate of drug-likeness (QED) is 0.270. The van der Waals surface area contributed by atoms with E-state index in [-0.39, 0.29) is 18.4 Å². The SMILES string of the molecule is CCCCCCCCCCCCCCCCSCC(CO)CC(N)=O. The number of amides is 1. The minimum atomic E-state index is -0.309. The average molecular weight is 374 g/mol. The van der Waals surface area contributed by atoms with Crippen molar-refractivity contribution in [1.29, 1.82) is 0 Å². The fourth-order valence-electron chi connectivity index (χ4n) is 3.11. The molecule has 3 nitrogen and oxygen atoms in total. The molecule has 0 aromatic rings. The number of hydrogen-bond acceptors (Lipinski definition) is 3. The van der Waals surface area contributed by atoms with Gasteiger partial charge in [-0.3, -0.25) is 4.79 Å². The molecular formula is C21H43NO2S. The molecule has 0 bridgehead atoms. The molecule has 1 unspecified atom stereocenters. The van der Waals surface area contributed by atoms with E-state index in [0.29, 0.717) is 6.42 Å². The Balaban J connectivity index is 3.15. The Bertz CT molecular complexity index is 287. The van der Waals surface area contributed by atoms with Crippen LogP contribution in [0.25, 0.3) is 0 Å². The monoisotopic (exact) mass is 373 g/mol. The summed E-state index contributed by atoms with van der Waals surface area (Å²) in [7, 11) is 0. The Labute approximate surface area is 160 Å². The molecule has 0 heterocycles. The number of rotatable bonds is 20. The molecule has 0 aromatic heterocycles. The molecule has 0 fully saturated rings. The molecule has 0 aliphatic rings. The maximum absolute atomic E-state index is 10.8. The smallest absolute Gasteiger partial charge is 0.217 e. The molecule has 150 valence electrons. The van der Waals surface area contributed by atoms with Gasteiger partial charge in [-0.25, -0.2) is 0 Å². The highest BCUT2D eigenvalue weighted by Crippen LogP contribution is 2.16. The summed E-state index contributed by atoms with van der Waals surface area (Å²) in [6.45, 7) is 2.34. The first-order chi connectivity index (χ1) is 12.2. The number of nitrogens with two attached hydrogens (primary N) is 1. The van der Waals surface area contributed by atoms with Crippen LogP contribution >= 0.6 is 11.8 Å². The predicted octanol–water partition coefficient (Wildman–Crippen LogP) is 5.68. The minimum Gasteiger partial charge on any atom is -0.396 e. The van der Waals surface area contributed by atoms with E-state index in [0.717, 1.165) is 11.5 Å².